The maximum Gasteiger partial charge on any atom is -0.00164 e. The molecule has 0 atom stereocenters. The highest BCUT2D eigenvalue weighted by Crippen LogP contribution is 2.26. The van der Waals surface area contributed by atoms with E-state index in [9.17, 15) is 0 Å². The minimum absolute atomic E-state index is 0.258. The van der Waals surface area contributed by atoms with Crippen molar-refractivity contribution < 1.29 is 0 Å². The Labute approximate surface area is 70.7 Å². The van der Waals surface area contributed by atoms with Crippen LogP contribution in [0.5, 0.6) is 0 Å². The zero-order chi connectivity index (χ0) is 9.07. The normalized spacial score (nSPS) is 13.3. The van der Waals surface area contributed by atoms with E-state index in [-0.39, 0.29) is 5.41 Å². The van der Waals surface area contributed by atoms with Gasteiger partial charge in [-0.15, -0.1) is 5.92 Å². The summed E-state index contributed by atoms with van der Waals surface area (Å²) in [5.74, 6) is 5.99. The van der Waals surface area contributed by atoms with Crippen molar-refractivity contribution >= 4 is 0 Å². The smallest absolute Gasteiger partial charge is 0.00164 e. The number of allylic oxidation sites excluding steroid dienone is 2. The molecule has 0 amide bonds. The van der Waals surface area contributed by atoms with Crippen LogP contribution in [0.4, 0.5) is 0 Å². The van der Waals surface area contributed by atoms with Crippen molar-refractivity contribution in [1.29, 1.82) is 0 Å². The lowest BCUT2D eigenvalue weighted by Crippen LogP contribution is -2.07. The summed E-state index contributed by atoms with van der Waals surface area (Å²) >= 11 is 0. The van der Waals surface area contributed by atoms with Crippen molar-refractivity contribution in [1.82, 2.24) is 0 Å². The molecule has 0 unspecified atom stereocenters. The maximum absolute atomic E-state index is 3.08. The lowest BCUT2D eigenvalue weighted by Gasteiger charge is -2.20. The van der Waals surface area contributed by atoms with Crippen LogP contribution >= 0.6 is 0 Å². The minimum atomic E-state index is 0.258. The largest absolute Gasteiger partial charge is 0.102 e. The van der Waals surface area contributed by atoms with Gasteiger partial charge in [0.2, 0.25) is 0 Å². The molecule has 0 bridgehead atoms. The highest BCUT2D eigenvalue weighted by Gasteiger charge is 2.13. The van der Waals surface area contributed by atoms with Crippen LogP contribution in [0.25, 0.3) is 0 Å². The molecule has 0 aliphatic heterocycles. The maximum atomic E-state index is 3.08. The molecule has 0 spiro atoms. The third-order valence-electron chi connectivity index (χ3n) is 2.00. The first kappa shape index (κ1) is 10.3. The Morgan fingerprint density at radius 1 is 1.09 bits per heavy atom. The van der Waals surface area contributed by atoms with Gasteiger partial charge in [0.25, 0.3) is 0 Å². The van der Waals surface area contributed by atoms with E-state index in [1.807, 2.05) is 6.92 Å². The predicted octanol–water partition coefficient (Wildman–Crippen LogP) is 3.39. The van der Waals surface area contributed by atoms with E-state index in [1.54, 1.807) is 0 Å². The Hall–Kier alpha value is -0.700. The Morgan fingerprint density at radius 3 is 1.82 bits per heavy atom. The van der Waals surface area contributed by atoms with Gasteiger partial charge in [0.1, 0.15) is 0 Å². The van der Waals surface area contributed by atoms with Crippen molar-refractivity contribution in [3.05, 3.63) is 11.1 Å². The van der Waals surface area contributed by atoms with Crippen LogP contribution in [0.1, 0.15) is 41.5 Å². The molecule has 62 valence electrons. The van der Waals surface area contributed by atoms with Gasteiger partial charge in [-0.1, -0.05) is 32.3 Å². The molecule has 0 aliphatic rings. The van der Waals surface area contributed by atoms with E-state index in [4.69, 9.17) is 0 Å². The molecule has 0 saturated carbocycles. The Balaban J connectivity index is 4.77. The van der Waals surface area contributed by atoms with E-state index >= 15 is 0 Å². The third-order valence-corrected chi connectivity index (χ3v) is 2.00. The summed E-state index contributed by atoms with van der Waals surface area (Å²) in [6, 6.07) is 0. The molecular formula is C11H18. The molecule has 0 saturated heterocycles. The monoisotopic (exact) mass is 150 g/mol. The van der Waals surface area contributed by atoms with Crippen molar-refractivity contribution in [2.75, 3.05) is 0 Å². The predicted molar refractivity (Wildman–Crippen MR) is 51.3 cm³/mol. The van der Waals surface area contributed by atoms with E-state index in [2.05, 4.69) is 46.5 Å². The molecule has 11 heavy (non-hydrogen) atoms. The van der Waals surface area contributed by atoms with E-state index < -0.39 is 0 Å². The summed E-state index contributed by atoms with van der Waals surface area (Å²) in [4.78, 5) is 0. The first-order valence-electron chi connectivity index (χ1n) is 4.00. The van der Waals surface area contributed by atoms with Crippen molar-refractivity contribution in [2.24, 2.45) is 5.41 Å². The SMILES string of the molecule is CC#C/C(C)=C(/C)C(C)(C)C. The lowest BCUT2D eigenvalue weighted by atomic mass is 9.85. The fourth-order valence-electron chi connectivity index (χ4n) is 0.844. The Kier molecular flexibility index (Phi) is 3.39. The molecular weight excluding hydrogens is 132 g/mol. The molecule has 0 heteroatoms. The fraction of sp³-hybridized carbons (Fsp3) is 0.636. The fourth-order valence-corrected chi connectivity index (χ4v) is 0.844. The molecule has 0 N–H and O–H groups in total. The molecule has 0 rings (SSSR count). The van der Waals surface area contributed by atoms with Gasteiger partial charge in [0.15, 0.2) is 0 Å². The Morgan fingerprint density at radius 2 is 1.55 bits per heavy atom. The summed E-state index contributed by atoms with van der Waals surface area (Å²) in [6.07, 6.45) is 0. The quantitative estimate of drug-likeness (QED) is 0.464. The second kappa shape index (κ2) is 3.62. The average molecular weight is 150 g/mol. The van der Waals surface area contributed by atoms with Crippen LogP contribution in [-0.2, 0) is 0 Å². The Bertz CT molecular complexity index is 213. The standard InChI is InChI=1S/C11H18/c1-7-8-9(2)10(3)11(4,5)6/h1-6H3/b10-9-. The van der Waals surface area contributed by atoms with Crippen LogP contribution in [0.2, 0.25) is 0 Å². The van der Waals surface area contributed by atoms with Crippen molar-refractivity contribution in [3.63, 3.8) is 0 Å². The zero-order valence-electron chi connectivity index (χ0n) is 8.50. The molecule has 0 aliphatic carbocycles. The van der Waals surface area contributed by atoms with Gasteiger partial charge in [-0.2, -0.15) is 0 Å². The second-order valence-corrected chi connectivity index (χ2v) is 3.88. The van der Waals surface area contributed by atoms with Gasteiger partial charge in [-0.05, 0) is 31.8 Å². The molecule has 0 aromatic rings. The summed E-state index contributed by atoms with van der Waals surface area (Å²) in [7, 11) is 0. The van der Waals surface area contributed by atoms with Gasteiger partial charge in [-0.25, -0.2) is 0 Å². The summed E-state index contributed by atoms with van der Waals surface area (Å²) in [5.41, 5.74) is 2.85. The summed E-state index contributed by atoms with van der Waals surface area (Å²) < 4.78 is 0. The van der Waals surface area contributed by atoms with Crippen LogP contribution < -0.4 is 0 Å². The number of rotatable bonds is 0. The van der Waals surface area contributed by atoms with Crippen LogP contribution in [-0.4, -0.2) is 0 Å². The third kappa shape index (κ3) is 3.28. The second-order valence-electron chi connectivity index (χ2n) is 3.88. The number of hydrogen-bond acceptors (Lipinski definition) is 0. The molecule has 0 fully saturated rings. The van der Waals surface area contributed by atoms with Gasteiger partial charge in [0, 0.05) is 0 Å². The van der Waals surface area contributed by atoms with Crippen molar-refractivity contribution in [2.45, 2.75) is 41.5 Å². The average Bonchev–Trinajstić information content (AvgIpc) is 1.85. The molecule has 0 aromatic heterocycles. The van der Waals surface area contributed by atoms with Gasteiger partial charge < -0.3 is 0 Å². The molecule has 0 heterocycles. The summed E-state index contributed by atoms with van der Waals surface area (Å²) in [6.45, 7) is 12.7. The molecule has 0 radical (unpaired) electrons. The zero-order valence-corrected chi connectivity index (χ0v) is 8.50. The van der Waals surface area contributed by atoms with Gasteiger partial charge in [0.05, 0.1) is 0 Å². The lowest BCUT2D eigenvalue weighted by molar-refractivity contribution is 0.500. The first-order chi connectivity index (χ1) is 4.89. The van der Waals surface area contributed by atoms with E-state index in [0.29, 0.717) is 0 Å². The minimum Gasteiger partial charge on any atom is -0.102 e. The van der Waals surface area contributed by atoms with E-state index in [1.165, 1.54) is 11.1 Å². The highest BCUT2D eigenvalue weighted by atomic mass is 14.2. The summed E-state index contributed by atoms with van der Waals surface area (Å²) in [5, 5.41) is 0. The van der Waals surface area contributed by atoms with E-state index in [0.717, 1.165) is 0 Å². The first-order valence-corrected chi connectivity index (χ1v) is 4.00. The highest BCUT2D eigenvalue weighted by molar-refractivity contribution is 5.32. The topological polar surface area (TPSA) is 0 Å². The van der Waals surface area contributed by atoms with Gasteiger partial charge in [-0.3, -0.25) is 0 Å². The molecule has 0 nitrogen and oxygen atoms in total. The van der Waals surface area contributed by atoms with Crippen LogP contribution in [0.3, 0.4) is 0 Å². The number of hydrogen-bond donors (Lipinski definition) is 0. The van der Waals surface area contributed by atoms with Crippen molar-refractivity contribution in [3.8, 4) is 11.8 Å². The van der Waals surface area contributed by atoms with Crippen LogP contribution in [0, 0.1) is 17.3 Å². The molecule has 0 aromatic carbocycles. The van der Waals surface area contributed by atoms with Gasteiger partial charge >= 0.3 is 0 Å². The van der Waals surface area contributed by atoms with Crippen LogP contribution in [0.15, 0.2) is 11.1 Å².